The van der Waals surface area contributed by atoms with Crippen molar-refractivity contribution in [2.45, 2.75) is 51.2 Å². The number of esters is 1. The van der Waals surface area contributed by atoms with E-state index in [9.17, 15) is 24.5 Å². The lowest BCUT2D eigenvalue weighted by molar-refractivity contribution is -0.384. The lowest BCUT2D eigenvalue weighted by Gasteiger charge is -2.31. The molecule has 0 spiro atoms. The number of ether oxygens (including phenoxy) is 2. The van der Waals surface area contributed by atoms with Crippen LogP contribution in [0.2, 0.25) is 0 Å². The zero-order valence-corrected chi connectivity index (χ0v) is 24.8. The topological polar surface area (TPSA) is 140 Å². The van der Waals surface area contributed by atoms with Crippen molar-refractivity contribution in [2.75, 3.05) is 19.5 Å². The minimum Gasteiger partial charge on any atom is -0.497 e. The summed E-state index contributed by atoms with van der Waals surface area (Å²) in [6, 6.07) is 17.8. The quantitative estimate of drug-likeness (QED) is 0.205. The molecule has 3 atom stereocenters. The first-order chi connectivity index (χ1) is 20.4. The molecule has 43 heavy (non-hydrogen) atoms. The molecule has 3 amide bonds. The Morgan fingerprint density at radius 1 is 0.953 bits per heavy atom. The molecule has 0 bridgehead atoms. The van der Waals surface area contributed by atoms with Gasteiger partial charge in [0.25, 0.3) is 5.69 Å². The number of urea groups is 1. The summed E-state index contributed by atoms with van der Waals surface area (Å²) in [6.07, 6.45) is 0.0422. The Bertz CT molecular complexity index is 1470. The number of likely N-dealkylation sites (tertiary alicyclic amines) is 1. The predicted molar refractivity (Wildman–Crippen MR) is 161 cm³/mol. The van der Waals surface area contributed by atoms with Crippen molar-refractivity contribution >= 4 is 29.3 Å². The van der Waals surface area contributed by atoms with Gasteiger partial charge in [-0.05, 0) is 52.8 Å². The summed E-state index contributed by atoms with van der Waals surface area (Å²) in [5.74, 6) is -1.10. The number of non-ortho nitro benzene ring substituents is 1. The van der Waals surface area contributed by atoms with Gasteiger partial charge in [0.15, 0.2) is 0 Å². The van der Waals surface area contributed by atoms with Crippen LogP contribution in [-0.4, -0.2) is 48.0 Å². The molecule has 2 N–H and O–H groups in total. The van der Waals surface area contributed by atoms with E-state index in [-0.39, 0.29) is 24.1 Å². The Hall–Kier alpha value is -4.93. The molecular weight excluding hydrogens is 552 g/mol. The van der Waals surface area contributed by atoms with Crippen LogP contribution in [0.4, 0.5) is 16.2 Å². The van der Waals surface area contributed by atoms with Gasteiger partial charge in [-0.1, -0.05) is 57.2 Å². The molecule has 3 unspecified atom stereocenters. The van der Waals surface area contributed by atoms with E-state index >= 15 is 0 Å². The fourth-order valence-corrected chi connectivity index (χ4v) is 5.23. The second kappa shape index (κ2) is 12.9. The summed E-state index contributed by atoms with van der Waals surface area (Å²) >= 11 is 0. The van der Waals surface area contributed by atoms with Crippen LogP contribution < -0.4 is 15.4 Å². The second-order valence-corrected chi connectivity index (χ2v) is 11.4. The van der Waals surface area contributed by atoms with Crippen LogP contribution in [0.15, 0.2) is 72.8 Å². The van der Waals surface area contributed by atoms with Crippen molar-refractivity contribution in [3.8, 4) is 5.75 Å². The maximum atomic E-state index is 13.9. The van der Waals surface area contributed by atoms with Crippen molar-refractivity contribution < 1.29 is 28.8 Å². The van der Waals surface area contributed by atoms with E-state index < -0.39 is 40.8 Å². The molecule has 11 nitrogen and oxygen atoms in total. The van der Waals surface area contributed by atoms with Gasteiger partial charge >= 0.3 is 12.0 Å². The first kappa shape index (κ1) is 31.0. The van der Waals surface area contributed by atoms with Gasteiger partial charge in [0.05, 0.1) is 31.1 Å². The summed E-state index contributed by atoms with van der Waals surface area (Å²) in [4.78, 5) is 52.6. The number of hydrogen-bond acceptors (Lipinski definition) is 7. The Morgan fingerprint density at radius 3 is 2.12 bits per heavy atom. The molecular formula is C32H36N4O7. The molecule has 4 rings (SSSR count). The highest BCUT2D eigenvalue weighted by molar-refractivity contribution is 5.96. The van der Waals surface area contributed by atoms with Gasteiger partial charge in [-0.3, -0.25) is 19.7 Å². The summed E-state index contributed by atoms with van der Waals surface area (Å²) < 4.78 is 10.3. The second-order valence-electron chi connectivity index (χ2n) is 11.4. The first-order valence-electron chi connectivity index (χ1n) is 13.9. The average molecular weight is 589 g/mol. The number of carbonyl (C=O) groups excluding carboxylic acids is 3. The van der Waals surface area contributed by atoms with E-state index in [0.717, 1.165) is 11.1 Å². The van der Waals surface area contributed by atoms with E-state index in [1.165, 1.54) is 36.3 Å². The molecule has 1 saturated heterocycles. The third-order valence-electron chi connectivity index (χ3n) is 7.61. The Morgan fingerprint density at radius 2 is 1.58 bits per heavy atom. The molecule has 3 aromatic carbocycles. The highest BCUT2D eigenvalue weighted by atomic mass is 16.6. The van der Waals surface area contributed by atoms with E-state index in [4.69, 9.17) is 9.47 Å². The fourth-order valence-electron chi connectivity index (χ4n) is 5.23. The van der Waals surface area contributed by atoms with E-state index in [2.05, 4.69) is 31.4 Å². The smallest absolute Gasteiger partial charge is 0.323 e. The van der Waals surface area contributed by atoms with E-state index in [1.807, 2.05) is 36.4 Å². The maximum absolute atomic E-state index is 13.9. The average Bonchev–Trinajstić information content (AvgIpc) is 3.40. The Kier molecular flexibility index (Phi) is 9.33. The van der Waals surface area contributed by atoms with Gasteiger partial charge < -0.3 is 25.0 Å². The normalized spacial score (nSPS) is 18.1. The third-order valence-corrected chi connectivity index (χ3v) is 7.61. The maximum Gasteiger partial charge on any atom is 0.323 e. The predicted octanol–water partition coefficient (Wildman–Crippen LogP) is 5.35. The molecule has 226 valence electrons. The summed E-state index contributed by atoms with van der Waals surface area (Å²) in [7, 11) is 2.85. The summed E-state index contributed by atoms with van der Waals surface area (Å²) in [6.45, 7) is 6.46. The number of methoxy groups -OCH3 is 2. The number of anilines is 1. The molecule has 11 heteroatoms. The van der Waals surface area contributed by atoms with Crippen molar-refractivity contribution in [1.82, 2.24) is 10.2 Å². The number of nitrogens with one attached hydrogen (secondary N) is 2. The van der Waals surface area contributed by atoms with Crippen molar-refractivity contribution in [2.24, 2.45) is 5.92 Å². The number of rotatable bonds is 8. The highest BCUT2D eigenvalue weighted by Gasteiger charge is 2.51. The highest BCUT2D eigenvalue weighted by Crippen LogP contribution is 2.43. The molecule has 3 aromatic rings. The number of amides is 3. The van der Waals surface area contributed by atoms with Crippen molar-refractivity contribution in [1.29, 1.82) is 0 Å². The number of nitro benzene ring substituents is 1. The van der Waals surface area contributed by atoms with Gasteiger partial charge in [0.1, 0.15) is 11.8 Å². The SMILES string of the molecule is COC(=O)C1CC(C(=O)NCc2ccc(OC)cc2)N(C(=O)Nc2ccc([N+](=O)[O-])cc2)C1c1ccc(C(C)(C)C)cc1. The number of hydrogen-bond donors (Lipinski definition) is 2. The van der Waals surface area contributed by atoms with Gasteiger partial charge in [-0.25, -0.2) is 4.79 Å². The molecule has 0 aliphatic carbocycles. The van der Waals surface area contributed by atoms with Gasteiger partial charge in [-0.15, -0.1) is 0 Å². The van der Waals surface area contributed by atoms with Crippen LogP contribution in [0.3, 0.4) is 0 Å². The molecule has 1 heterocycles. The Balaban J connectivity index is 1.68. The van der Waals surface area contributed by atoms with E-state index in [1.54, 1.807) is 19.2 Å². The van der Waals surface area contributed by atoms with Gasteiger partial charge in [0, 0.05) is 24.4 Å². The van der Waals surface area contributed by atoms with Crippen molar-refractivity contribution in [3.63, 3.8) is 0 Å². The molecule has 0 saturated carbocycles. The first-order valence-corrected chi connectivity index (χ1v) is 13.9. The van der Waals surface area contributed by atoms with E-state index in [0.29, 0.717) is 17.0 Å². The van der Waals surface area contributed by atoms with Crippen LogP contribution in [0.1, 0.15) is 49.9 Å². The number of nitrogens with zero attached hydrogens (tertiary/aromatic N) is 2. The number of carbonyl (C=O) groups is 3. The molecule has 1 fully saturated rings. The summed E-state index contributed by atoms with van der Waals surface area (Å²) in [5, 5.41) is 16.7. The largest absolute Gasteiger partial charge is 0.497 e. The van der Waals surface area contributed by atoms with Gasteiger partial charge in [-0.2, -0.15) is 0 Å². The number of nitro groups is 1. The minimum atomic E-state index is -1.01. The van der Waals surface area contributed by atoms with Crippen LogP contribution in [0.5, 0.6) is 5.75 Å². The molecule has 0 aromatic heterocycles. The van der Waals surface area contributed by atoms with Crippen LogP contribution in [-0.2, 0) is 26.3 Å². The van der Waals surface area contributed by atoms with Crippen molar-refractivity contribution in [3.05, 3.63) is 99.6 Å². The minimum absolute atomic E-state index is 0.0422. The summed E-state index contributed by atoms with van der Waals surface area (Å²) in [5.41, 5.74) is 2.63. The third kappa shape index (κ3) is 7.11. The lowest BCUT2D eigenvalue weighted by Crippen LogP contribution is -2.48. The van der Waals surface area contributed by atoms with Gasteiger partial charge in [0.2, 0.25) is 5.91 Å². The molecule has 1 aliphatic heterocycles. The lowest BCUT2D eigenvalue weighted by atomic mass is 9.85. The Labute approximate surface area is 250 Å². The van der Waals surface area contributed by atoms with Crippen LogP contribution in [0, 0.1) is 16.0 Å². The molecule has 1 aliphatic rings. The van der Waals surface area contributed by atoms with Crippen LogP contribution >= 0.6 is 0 Å². The monoisotopic (exact) mass is 588 g/mol. The standard InChI is InChI=1S/C32H36N4O7/c1-32(2,3)22-10-8-21(9-11-22)28-26(30(38)43-5)18-27(29(37)33-19-20-6-16-25(42-4)17-7-20)35(28)31(39)34-23-12-14-24(15-13-23)36(40)41/h6-17,26-28H,18-19H2,1-5H3,(H,33,37)(H,34,39). The zero-order chi connectivity index (χ0) is 31.3. The van der Waals surface area contributed by atoms with Crippen LogP contribution in [0.25, 0.3) is 0 Å². The zero-order valence-electron chi connectivity index (χ0n) is 24.8. The number of benzene rings is 3. The fraction of sp³-hybridized carbons (Fsp3) is 0.344. The molecule has 0 radical (unpaired) electrons.